The third-order valence-corrected chi connectivity index (χ3v) is 5.38. The Kier molecular flexibility index (Phi) is 6.36. The van der Waals surface area contributed by atoms with E-state index in [0.717, 1.165) is 28.9 Å². The number of ether oxygens (including phenoxy) is 3. The molecule has 0 saturated heterocycles. The van der Waals surface area contributed by atoms with E-state index in [9.17, 15) is 4.79 Å². The first kappa shape index (κ1) is 21.0. The Morgan fingerprint density at radius 2 is 1.66 bits per heavy atom. The number of hydrogen-bond donors (Lipinski definition) is 0. The van der Waals surface area contributed by atoms with E-state index in [1.165, 1.54) is 5.56 Å². The van der Waals surface area contributed by atoms with Crippen molar-refractivity contribution in [3.05, 3.63) is 52.6 Å². The van der Waals surface area contributed by atoms with Gasteiger partial charge in [0.2, 0.25) is 5.91 Å². The summed E-state index contributed by atoms with van der Waals surface area (Å²) in [6.07, 6.45) is 0.786. The fourth-order valence-corrected chi connectivity index (χ4v) is 3.99. The van der Waals surface area contributed by atoms with Gasteiger partial charge in [0, 0.05) is 12.5 Å². The molecule has 1 unspecified atom stereocenters. The number of fused-ring (bicyclic) bond motifs is 1. The second-order valence-corrected chi connectivity index (χ2v) is 7.99. The summed E-state index contributed by atoms with van der Waals surface area (Å²) in [7, 11) is 3.27. The van der Waals surface area contributed by atoms with E-state index in [-0.39, 0.29) is 17.9 Å². The summed E-state index contributed by atoms with van der Waals surface area (Å²) in [5, 5.41) is 0. The molecule has 0 radical (unpaired) electrons. The normalized spacial score (nSPS) is 15.8. The van der Waals surface area contributed by atoms with Gasteiger partial charge in [0.25, 0.3) is 0 Å². The predicted octanol–water partition coefficient (Wildman–Crippen LogP) is 4.48. The number of aryl methyl sites for hydroxylation is 2. The maximum atomic E-state index is 12.9. The van der Waals surface area contributed by atoms with E-state index in [1.807, 2.05) is 43.0 Å². The molecule has 3 rings (SSSR count). The maximum absolute atomic E-state index is 12.9. The van der Waals surface area contributed by atoms with Crippen LogP contribution >= 0.6 is 0 Å². The van der Waals surface area contributed by atoms with E-state index in [0.29, 0.717) is 24.7 Å². The quantitative estimate of drug-likeness (QED) is 0.721. The molecule has 1 amide bonds. The van der Waals surface area contributed by atoms with Crippen LogP contribution in [0.2, 0.25) is 0 Å². The van der Waals surface area contributed by atoms with Crippen molar-refractivity contribution >= 4 is 5.91 Å². The van der Waals surface area contributed by atoms with Gasteiger partial charge < -0.3 is 19.1 Å². The fourth-order valence-electron chi connectivity index (χ4n) is 3.99. The van der Waals surface area contributed by atoms with Gasteiger partial charge in [-0.25, -0.2) is 0 Å². The Labute approximate surface area is 173 Å². The Morgan fingerprint density at radius 1 is 1.03 bits per heavy atom. The van der Waals surface area contributed by atoms with Crippen LogP contribution in [0.15, 0.2) is 30.3 Å². The summed E-state index contributed by atoms with van der Waals surface area (Å²) in [5.74, 6) is 2.28. The first-order chi connectivity index (χ1) is 13.8. The van der Waals surface area contributed by atoms with Crippen molar-refractivity contribution in [1.82, 2.24) is 4.90 Å². The molecule has 0 aliphatic carbocycles. The maximum Gasteiger partial charge on any atom is 0.225 e. The average Bonchev–Trinajstić information content (AvgIpc) is 2.69. The third kappa shape index (κ3) is 4.50. The molecule has 0 fully saturated rings. The smallest absolute Gasteiger partial charge is 0.225 e. The lowest BCUT2D eigenvalue weighted by molar-refractivity contribution is -0.138. The predicted molar refractivity (Wildman–Crippen MR) is 114 cm³/mol. The van der Waals surface area contributed by atoms with E-state index in [2.05, 4.69) is 19.9 Å². The molecule has 1 aliphatic rings. The molecule has 1 aliphatic heterocycles. The highest BCUT2D eigenvalue weighted by atomic mass is 16.5. The number of rotatable bonds is 6. The number of methoxy groups -OCH3 is 2. The summed E-state index contributed by atoms with van der Waals surface area (Å²) < 4.78 is 17.2. The van der Waals surface area contributed by atoms with Crippen LogP contribution in [0.5, 0.6) is 17.2 Å². The zero-order chi connectivity index (χ0) is 21.1. The Hall–Kier alpha value is -2.69. The molecule has 0 N–H and O–H groups in total. The topological polar surface area (TPSA) is 48.0 Å². The van der Waals surface area contributed by atoms with Gasteiger partial charge in [-0.15, -0.1) is 0 Å². The SMILES string of the molecule is COc1cc2c(cc1OC)C(COc1cc(C)cc(C)c1)N(C(=O)C(C)C)CC2. The van der Waals surface area contributed by atoms with Crippen molar-refractivity contribution < 1.29 is 19.0 Å². The van der Waals surface area contributed by atoms with Crippen LogP contribution in [-0.2, 0) is 11.2 Å². The number of benzene rings is 2. The standard InChI is InChI=1S/C24H31NO4/c1-15(2)24(26)25-8-7-18-12-22(27-5)23(28-6)13-20(18)21(25)14-29-19-10-16(3)9-17(4)11-19/h9-13,15,21H,7-8,14H2,1-6H3. The van der Waals surface area contributed by atoms with E-state index in [1.54, 1.807) is 14.2 Å². The van der Waals surface area contributed by atoms with E-state index < -0.39 is 0 Å². The molecule has 156 valence electrons. The lowest BCUT2D eigenvalue weighted by Gasteiger charge is -2.38. The van der Waals surface area contributed by atoms with Gasteiger partial charge in [0.15, 0.2) is 11.5 Å². The van der Waals surface area contributed by atoms with Gasteiger partial charge in [0.05, 0.1) is 20.3 Å². The van der Waals surface area contributed by atoms with Crippen molar-refractivity contribution in [2.75, 3.05) is 27.4 Å². The first-order valence-corrected chi connectivity index (χ1v) is 10.1. The minimum atomic E-state index is -0.172. The minimum Gasteiger partial charge on any atom is -0.493 e. The van der Waals surface area contributed by atoms with E-state index in [4.69, 9.17) is 14.2 Å². The third-order valence-electron chi connectivity index (χ3n) is 5.38. The van der Waals surface area contributed by atoms with Crippen molar-refractivity contribution in [2.24, 2.45) is 5.92 Å². The zero-order valence-electron chi connectivity index (χ0n) is 18.2. The van der Waals surface area contributed by atoms with Crippen molar-refractivity contribution in [3.8, 4) is 17.2 Å². The molecule has 0 bridgehead atoms. The fraction of sp³-hybridized carbons (Fsp3) is 0.458. The monoisotopic (exact) mass is 397 g/mol. The molecular formula is C24H31NO4. The molecule has 2 aromatic rings. The Morgan fingerprint density at radius 3 is 2.24 bits per heavy atom. The van der Waals surface area contributed by atoms with Crippen molar-refractivity contribution in [1.29, 1.82) is 0 Å². The van der Waals surface area contributed by atoms with Gasteiger partial charge in [-0.1, -0.05) is 19.9 Å². The van der Waals surface area contributed by atoms with Crippen LogP contribution in [0, 0.1) is 19.8 Å². The Balaban J connectivity index is 1.97. The van der Waals surface area contributed by atoms with Crippen molar-refractivity contribution in [3.63, 3.8) is 0 Å². The van der Waals surface area contributed by atoms with Gasteiger partial charge in [-0.2, -0.15) is 0 Å². The molecule has 2 aromatic carbocycles. The number of amides is 1. The molecule has 0 saturated carbocycles. The lowest BCUT2D eigenvalue weighted by Crippen LogP contribution is -2.44. The molecule has 29 heavy (non-hydrogen) atoms. The van der Waals surface area contributed by atoms with Crippen LogP contribution in [0.1, 0.15) is 42.1 Å². The average molecular weight is 398 g/mol. The largest absolute Gasteiger partial charge is 0.493 e. The number of nitrogens with zero attached hydrogens (tertiary/aromatic N) is 1. The number of carbonyl (C=O) groups excluding carboxylic acids is 1. The van der Waals surface area contributed by atoms with E-state index >= 15 is 0 Å². The van der Waals surface area contributed by atoms with Gasteiger partial charge >= 0.3 is 0 Å². The minimum absolute atomic E-state index is 0.0691. The highest BCUT2D eigenvalue weighted by molar-refractivity contribution is 5.79. The van der Waals surface area contributed by atoms with Crippen LogP contribution in [-0.4, -0.2) is 38.2 Å². The van der Waals surface area contributed by atoms with Crippen LogP contribution in [0.3, 0.4) is 0 Å². The lowest BCUT2D eigenvalue weighted by atomic mass is 9.91. The summed E-state index contributed by atoms with van der Waals surface area (Å²) >= 11 is 0. The molecule has 0 spiro atoms. The Bertz CT molecular complexity index is 870. The van der Waals surface area contributed by atoms with Crippen LogP contribution in [0.4, 0.5) is 0 Å². The van der Waals surface area contributed by atoms with Crippen LogP contribution < -0.4 is 14.2 Å². The highest BCUT2D eigenvalue weighted by Crippen LogP contribution is 2.39. The molecular weight excluding hydrogens is 366 g/mol. The molecule has 1 heterocycles. The molecule has 0 aromatic heterocycles. The summed E-state index contributed by atoms with van der Waals surface area (Å²) in [6.45, 7) is 9.05. The summed E-state index contributed by atoms with van der Waals surface area (Å²) in [4.78, 5) is 14.9. The second kappa shape index (κ2) is 8.76. The summed E-state index contributed by atoms with van der Waals surface area (Å²) in [5.41, 5.74) is 4.55. The molecule has 5 nitrogen and oxygen atoms in total. The van der Waals surface area contributed by atoms with Gasteiger partial charge in [-0.05, 0) is 66.8 Å². The second-order valence-electron chi connectivity index (χ2n) is 7.99. The zero-order valence-corrected chi connectivity index (χ0v) is 18.2. The summed E-state index contributed by atoms with van der Waals surface area (Å²) in [6, 6.07) is 10.0. The molecule has 5 heteroatoms. The number of hydrogen-bond acceptors (Lipinski definition) is 4. The number of carbonyl (C=O) groups is 1. The van der Waals surface area contributed by atoms with Crippen LogP contribution in [0.25, 0.3) is 0 Å². The first-order valence-electron chi connectivity index (χ1n) is 10.1. The molecule has 1 atom stereocenters. The van der Waals surface area contributed by atoms with Crippen molar-refractivity contribution in [2.45, 2.75) is 40.2 Å². The highest BCUT2D eigenvalue weighted by Gasteiger charge is 2.33. The van der Waals surface area contributed by atoms with Gasteiger partial charge in [-0.3, -0.25) is 4.79 Å². The van der Waals surface area contributed by atoms with Gasteiger partial charge in [0.1, 0.15) is 12.4 Å².